The summed E-state index contributed by atoms with van der Waals surface area (Å²) < 4.78 is 0. The quantitative estimate of drug-likeness (QED) is 0.750. The van der Waals surface area contributed by atoms with E-state index in [1.165, 1.54) is 6.07 Å². The molecule has 0 unspecified atom stereocenters. The lowest BCUT2D eigenvalue weighted by molar-refractivity contribution is -0.107. The van der Waals surface area contributed by atoms with Crippen LogP contribution < -0.4 is 0 Å². The molecule has 0 aliphatic rings. The Balaban J connectivity index is 0.000000292. The minimum atomic E-state index is 0.0347. The summed E-state index contributed by atoms with van der Waals surface area (Å²) in [7, 11) is 0. The Morgan fingerprint density at radius 1 is 1.29 bits per heavy atom. The van der Waals surface area contributed by atoms with E-state index in [0.717, 1.165) is 12.7 Å². The van der Waals surface area contributed by atoms with Crippen LogP contribution in [0.15, 0.2) is 24.3 Å². The van der Waals surface area contributed by atoms with Gasteiger partial charge >= 0.3 is 0 Å². The van der Waals surface area contributed by atoms with Gasteiger partial charge in [0, 0.05) is 6.42 Å². The molecule has 0 bridgehead atoms. The molecule has 0 fully saturated rings. The average Bonchev–Trinajstić information content (AvgIpc) is 2.21. The number of phenolic OH excluding ortho intramolecular Hbond substituents is 1. The normalized spacial score (nSPS) is 8.36. The monoisotopic (exact) mass is 194 g/mol. The Morgan fingerprint density at radius 2 is 1.93 bits per heavy atom. The van der Waals surface area contributed by atoms with Gasteiger partial charge in [0.05, 0.1) is 5.56 Å². The molecule has 14 heavy (non-hydrogen) atoms. The van der Waals surface area contributed by atoms with E-state index in [2.05, 4.69) is 0 Å². The van der Waals surface area contributed by atoms with Crippen molar-refractivity contribution in [1.82, 2.24) is 0 Å². The van der Waals surface area contributed by atoms with E-state index in [4.69, 9.17) is 5.11 Å². The maximum absolute atomic E-state index is 10.1. The summed E-state index contributed by atoms with van der Waals surface area (Å²) in [4.78, 5) is 19.5. The maximum Gasteiger partial charge on any atom is 0.153 e. The van der Waals surface area contributed by atoms with Gasteiger partial charge in [0.15, 0.2) is 6.29 Å². The minimum absolute atomic E-state index is 0.0347. The predicted octanol–water partition coefficient (Wildman–Crippen LogP) is 2.19. The molecular weight excluding hydrogens is 180 g/mol. The number of unbranched alkanes of at least 4 members (excludes halogenated alkanes) is 1. The van der Waals surface area contributed by atoms with Gasteiger partial charge in [-0.2, -0.15) is 0 Å². The van der Waals surface area contributed by atoms with Crippen molar-refractivity contribution < 1.29 is 14.7 Å². The van der Waals surface area contributed by atoms with Crippen LogP contribution in [-0.2, 0) is 4.79 Å². The summed E-state index contributed by atoms with van der Waals surface area (Å²) in [6.45, 7) is 1.98. The van der Waals surface area contributed by atoms with Crippen molar-refractivity contribution in [2.24, 2.45) is 0 Å². The molecule has 1 N–H and O–H groups in total. The fraction of sp³-hybridized carbons (Fsp3) is 0.273. The molecule has 76 valence electrons. The second-order valence-corrected chi connectivity index (χ2v) is 2.63. The Hall–Kier alpha value is -1.64. The van der Waals surface area contributed by atoms with Crippen LogP contribution in [0, 0.1) is 0 Å². The largest absolute Gasteiger partial charge is 0.507 e. The van der Waals surface area contributed by atoms with Crippen LogP contribution in [0.25, 0.3) is 0 Å². The summed E-state index contributed by atoms with van der Waals surface area (Å²) in [6, 6.07) is 6.40. The van der Waals surface area contributed by atoms with Crippen LogP contribution in [0.2, 0.25) is 0 Å². The van der Waals surface area contributed by atoms with Gasteiger partial charge in [0.1, 0.15) is 12.0 Å². The number of rotatable bonds is 3. The summed E-state index contributed by atoms with van der Waals surface area (Å²) in [5.74, 6) is 0.0347. The van der Waals surface area contributed by atoms with E-state index in [1.54, 1.807) is 18.2 Å². The van der Waals surface area contributed by atoms with Gasteiger partial charge in [0.2, 0.25) is 0 Å². The van der Waals surface area contributed by atoms with E-state index in [-0.39, 0.29) is 5.75 Å². The smallest absolute Gasteiger partial charge is 0.153 e. The van der Waals surface area contributed by atoms with Crippen LogP contribution in [-0.4, -0.2) is 17.7 Å². The Morgan fingerprint density at radius 3 is 2.21 bits per heavy atom. The molecule has 0 atom stereocenters. The van der Waals surface area contributed by atoms with Crippen molar-refractivity contribution in [1.29, 1.82) is 0 Å². The molecule has 0 spiro atoms. The third kappa shape index (κ3) is 5.09. The summed E-state index contributed by atoms with van der Waals surface area (Å²) in [5, 5.41) is 8.88. The van der Waals surface area contributed by atoms with Crippen molar-refractivity contribution in [3.8, 4) is 5.75 Å². The van der Waals surface area contributed by atoms with Crippen LogP contribution >= 0.6 is 0 Å². The molecule has 0 aliphatic heterocycles. The second-order valence-electron chi connectivity index (χ2n) is 2.63. The molecule has 3 heteroatoms. The molecule has 3 nitrogen and oxygen atoms in total. The molecule has 0 aliphatic carbocycles. The number of carbonyl (C=O) groups excluding carboxylic acids is 2. The van der Waals surface area contributed by atoms with Crippen molar-refractivity contribution in [2.75, 3.05) is 0 Å². The first kappa shape index (κ1) is 12.4. The fourth-order valence-corrected chi connectivity index (χ4v) is 0.705. The predicted molar refractivity (Wildman–Crippen MR) is 54.5 cm³/mol. The van der Waals surface area contributed by atoms with Gasteiger partial charge in [-0.25, -0.2) is 0 Å². The van der Waals surface area contributed by atoms with Gasteiger partial charge in [-0.05, 0) is 18.6 Å². The van der Waals surface area contributed by atoms with Crippen molar-refractivity contribution in [2.45, 2.75) is 19.8 Å². The SMILES string of the molecule is CCCC=O.O=Cc1ccccc1O. The number of aldehydes is 2. The van der Waals surface area contributed by atoms with Gasteiger partial charge < -0.3 is 9.90 Å². The van der Waals surface area contributed by atoms with Gasteiger partial charge in [-0.15, -0.1) is 0 Å². The van der Waals surface area contributed by atoms with Gasteiger partial charge in [-0.1, -0.05) is 19.1 Å². The van der Waals surface area contributed by atoms with E-state index in [9.17, 15) is 9.59 Å². The zero-order chi connectivity index (χ0) is 10.8. The number of carbonyl (C=O) groups is 2. The first-order valence-electron chi connectivity index (χ1n) is 4.43. The first-order valence-corrected chi connectivity index (χ1v) is 4.43. The fourth-order valence-electron chi connectivity index (χ4n) is 0.705. The number of aromatic hydroxyl groups is 1. The molecule has 0 saturated heterocycles. The molecular formula is C11H14O3. The number of para-hydroxylation sites is 1. The zero-order valence-electron chi connectivity index (χ0n) is 8.14. The lowest BCUT2D eigenvalue weighted by Gasteiger charge is -1.91. The highest BCUT2D eigenvalue weighted by Crippen LogP contribution is 2.11. The zero-order valence-corrected chi connectivity index (χ0v) is 8.14. The summed E-state index contributed by atoms with van der Waals surface area (Å²) >= 11 is 0. The third-order valence-electron chi connectivity index (χ3n) is 1.47. The van der Waals surface area contributed by atoms with Crippen molar-refractivity contribution >= 4 is 12.6 Å². The molecule has 1 rings (SSSR count). The topological polar surface area (TPSA) is 54.4 Å². The highest BCUT2D eigenvalue weighted by atomic mass is 16.3. The van der Waals surface area contributed by atoms with Crippen LogP contribution in [0.5, 0.6) is 5.75 Å². The molecule has 1 aromatic rings. The third-order valence-corrected chi connectivity index (χ3v) is 1.47. The van der Waals surface area contributed by atoms with E-state index >= 15 is 0 Å². The summed E-state index contributed by atoms with van der Waals surface area (Å²) in [6.07, 6.45) is 3.23. The first-order chi connectivity index (χ1) is 6.76. The number of phenols is 1. The molecule has 1 aromatic carbocycles. The molecule has 0 saturated carbocycles. The second kappa shape index (κ2) is 7.98. The lowest BCUT2D eigenvalue weighted by atomic mass is 10.2. The van der Waals surface area contributed by atoms with Gasteiger partial charge in [-0.3, -0.25) is 4.79 Å². The molecule has 0 radical (unpaired) electrons. The maximum atomic E-state index is 10.1. The van der Waals surface area contributed by atoms with E-state index in [1.807, 2.05) is 6.92 Å². The number of hydrogen-bond donors (Lipinski definition) is 1. The highest BCUT2D eigenvalue weighted by molar-refractivity contribution is 5.78. The number of benzene rings is 1. The van der Waals surface area contributed by atoms with Crippen LogP contribution in [0.1, 0.15) is 30.1 Å². The number of hydrogen-bond acceptors (Lipinski definition) is 3. The van der Waals surface area contributed by atoms with Gasteiger partial charge in [0.25, 0.3) is 0 Å². The van der Waals surface area contributed by atoms with Crippen LogP contribution in [0.4, 0.5) is 0 Å². The Kier molecular flexibility index (Phi) is 7.05. The molecule has 0 amide bonds. The van der Waals surface area contributed by atoms with Crippen molar-refractivity contribution in [3.63, 3.8) is 0 Å². The van der Waals surface area contributed by atoms with Crippen LogP contribution in [0.3, 0.4) is 0 Å². The van der Waals surface area contributed by atoms with E-state index in [0.29, 0.717) is 18.3 Å². The Bertz CT molecular complexity index is 282. The molecule has 0 aromatic heterocycles. The molecule has 0 heterocycles. The lowest BCUT2D eigenvalue weighted by Crippen LogP contribution is -1.77. The minimum Gasteiger partial charge on any atom is -0.507 e. The summed E-state index contributed by atoms with van der Waals surface area (Å²) in [5.41, 5.74) is 0.331. The standard InChI is InChI=1S/C7H6O2.C4H8O/c8-5-6-3-1-2-4-7(6)9;1-2-3-4-5/h1-5,9H;4H,2-3H2,1H3. The van der Waals surface area contributed by atoms with E-state index < -0.39 is 0 Å². The van der Waals surface area contributed by atoms with Crippen molar-refractivity contribution in [3.05, 3.63) is 29.8 Å². The Labute approximate surface area is 83.4 Å². The average molecular weight is 194 g/mol. The highest BCUT2D eigenvalue weighted by Gasteiger charge is 1.93.